The second kappa shape index (κ2) is 9.05. The number of fused-ring (bicyclic) bond motifs is 1. The van der Waals surface area contributed by atoms with E-state index in [0.717, 1.165) is 33.5 Å². The van der Waals surface area contributed by atoms with E-state index in [2.05, 4.69) is 17.1 Å². The van der Waals surface area contributed by atoms with Crippen molar-refractivity contribution in [3.05, 3.63) is 107 Å². The third-order valence-corrected chi connectivity index (χ3v) is 4.74. The summed E-state index contributed by atoms with van der Waals surface area (Å²) in [7, 11) is 1.37. The molecule has 0 atom stereocenters. The molecule has 3 aromatic carbocycles. The second-order valence-corrected chi connectivity index (χ2v) is 6.78. The maximum absolute atomic E-state index is 11.5. The van der Waals surface area contributed by atoms with Crippen LogP contribution in [0.4, 0.5) is 0 Å². The van der Waals surface area contributed by atoms with E-state index in [4.69, 9.17) is 9.47 Å². The van der Waals surface area contributed by atoms with Gasteiger partial charge in [0.15, 0.2) is 0 Å². The number of aromatic nitrogens is 1. The number of carbonyl (C=O) groups excluding carboxylic acids is 1. The predicted octanol–water partition coefficient (Wildman–Crippen LogP) is 5.77. The molecule has 0 unspecified atom stereocenters. The molecule has 0 aliphatic rings. The number of benzene rings is 3. The van der Waals surface area contributed by atoms with Gasteiger partial charge in [0, 0.05) is 10.9 Å². The van der Waals surface area contributed by atoms with E-state index in [1.165, 1.54) is 7.11 Å². The van der Waals surface area contributed by atoms with Crippen molar-refractivity contribution in [2.24, 2.45) is 0 Å². The molecule has 0 amide bonds. The van der Waals surface area contributed by atoms with Crippen LogP contribution in [-0.2, 0) is 11.3 Å². The maximum atomic E-state index is 11.5. The standard InChI is InChI=1S/C26H21NO3/c1-29-26(28)22-12-10-19(11-13-22)18-30-25-9-5-3-7-21(25)15-17-23-16-14-20-6-2-4-8-24(20)27-23/h2-17H,18H2,1H3. The molecule has 4 rings (SSSR count). The van der Waals surface area contributed by atoms with E-state index < -0.39 is 0 Å². The maximum Gasteiger partial charge on any atom is 0.337 e. The van der Waals surface area contributed by atoms with Crippen LogP contribution >= 0.6 is 0 Å². The summed E-state index contributed by atoms with van der Waals surface area (Å²) in [4.78, 5) is 16.2. The number of hydrogen-bond acceptors (Lipinski definition) is 4. The summed E-state index contributed by atoms with van der Waals surface area (Å²) >= 11 is 0. The second-order valence-electron chi connectivity index (χ2n) is 6.78. The lowest BCUT2D eigenvalue weighted by molar-refractivity contribution is 0.0600. The number of ether oxygens (including phenoxy) is 2. The van der Waals surface area contributed by atoms with Crippen molar-refractivity contribution >= 4 is 29.0 Å². The minimum atomic E-state index is -0.347. The molecular weight excluding hydrogens is 374 g/mol. The first-order valence-corrected chi connectivity index (χ1v) is 9.66. The lowest BCUT2D eigenvalue weighted by Gasteiger charge is -2.10. The minimum Gasteiger partial charge on any atom is -0.488 e. The smallest absolute Gasteiger partial charge is 0.337 e. The van der Waals surface area contributed by atoms with Gasteiger partial charge in [-0.25, -0.2) is 9.78 Å². The molecule has 0 saturated carbocycles. The molecule has 30 heavy (non-hydrogen) atoms. The van der Waals surface area contributed by atoms with Gasteiger partial charge in [0.05, 0.1) is 23.9 Å². The van der Waals surface area contributed by atoms with Crippen LogP contribution in [0.15, 0.2) is 84.9 Å². The average Bonchev–Trinajstić information content (AvgIpc) is 2.81. The van der Waals surface area contributed by atoms with Crippen molar-refractivity contribution in [3.8, 4) is 5.75 Å². The van der Waals surface area contributed by atoms with E-state index in [1.807, 2.05) is 72.8 Å². The van der Waals surface area contributed by atoms with Gasteiger partial charge in [-0.05, 0) is 48.0 Å². The Bertz CT molecular complexity index is 1200. The number of carbonyl (C=O) groups is 1. The van der Waals surface area contributed by atoms with E-state index in [0.29, 0.717) is 12.2 Å². The summed E-state index contributed by atoms with van der Waals surface area (Å²) in [5, 5.41) is 1.12. The molecular formula is C26H21NO3. The molecule has 1 aromatic heterocycles. The molecule has 4 nitrogen and oxygen atoms in total. The third-order valence-electron chi connectivity index (χ3n) is 4.74. The summed E-state index contributed by atoms with van der Waals surface area (Å²) in [6.07, 6.45) is 3.99. The van der Waals surface area contributed by atoms with Gasteiger partial charge in [-0.2, -0.15) is 0 Å². The number of methoxy groups -OCH3 is 1. The molecule has 0 spiro atoms. The van der Waals surface area contributed by atoms with Crippen molar-refractivity contribution in [1.82, 2.24) is 4.98 Å². The topological polar surface area (TPSA) is 48.4 Å². The Kier molecular flexibility index (Phi) is 5.85. The third kappa shape index (κ3) is 4.55. The van der Waals surface area contributed by atoms with Crippen LogP contribution in [0, 0.1) is 0 Å². The zero-order chi connectivity index (χ0) is 20.8. The Morgan fingerprint density at radius 3 is 2.47 bits per heavy atom. The monoisotopic (exact) mass is 395 g/mol. The van der Waals surface area contributed by atoms with Crippen LogP contribution in [0.25, 0.3) is 23.1 Å². The average molecular weight is 395 g/mol. The van der Waals surface area contributed by atoms with Crippen molar-refractivity contribution in [1.29, 1.82) is 0 Å². The normalized spacial score (nSPS) is 11.0. The molecule has 0 radical (unpaired) electrons. The first-order valence-electron chi connectivity index (χ1n) is 9.66. The number of esters is 1. The van der Waals surface area contributed by atoms with E-state index in [9.17, 15) is 4.79 Å². The van der Waals surface area contributed by atoms with Gasteiger partial charge < -0.3 is 9.47 Å². The Balaban J connectivity index is 1.48. The van der Waals surface area contributed by atoms with Gasteiger partial charge >= 0.3 is 5.97 Å². The zero-order valence-corrected chi connectivity index (χ0v) is 16.6. The molecule has 0 saturated heterocycles. The van der Waals surface area contributed by atoms with Gasteiger partial charge in [-0.15, -0.1) is 0 Å². The molecule has 148 valence electrons. The molecule has 0 fully saturated rings. The fraction of sp³-hybridized carbons (Fsp3) is 0.0769. The molecule has 0 aliphatic heterocycles. The predicted molar refractivity (Wildman–Crippen MR) is 119 cm³/mol. The minimum absolute atomic E-state index is 0.347. The Labute approximate surface area is 175 Å². The van der Waals surface area contributed by atoms with Crippen LogP contribution in [0.1, 0.15) is 27.2 Å². The Morgan fingerprint density at radius 1 is 0.867 bits per heavy atom. The molecule has 1 heterocycles. The molecule has 0 bridgehead atoms. The number of pyridine rings is 1. The molecule has 0 N–H and O–H groups in total. The van der Waals surface area contributed by atoms with Crippen LogP contribution in [0.2, 0.25) is 0 Å². The highest BCUT2D eigenvalue weighted by atomic mass is 16.5. The lowest BCUT2D eigenvalue weighted by Crippen LogP contribution is -2.02. The Hall–Kier alpha value is -3.92. The molecule has 4 heteroatoms. The summed E-state index contributed by atoms with van der Waals surface area (Å²) in [5.41, 5.74) is 4.32. The van der Waals surface area contributed by atoms with Crippen LogP contribution in [-0.4, -0.2) is 18.1 Å². The van der Waals surface area contributed by atoms with Gasteiger partial charge in [-0.1, -0.05) is 54.6 Å². The first-order chi connectivity index (χ1) is 14.7. The van der Waals surface area contributed by atoms with Crippen molar-refractivity contribution in [3.63, 3.8) is 0 Å². The van der Waals surface area contributed by atoms with Gasteiger partial charge in [0.1, 0.15) is 12.4 Å². The van der Waals surface area contributed by atoms with Crippen molar-refractivity contribution in [2.75, 3.05) is 7.11 Å². The summed E-state index contributed by atoms with van der Waals surface area (Å²) in [6, 6.07) is 27.2. The zero-order valence-electron chi connectivity index (χ0n) is 16.6. The fourth-order valence-corrected chi connectivity index (χ4v) is 3.12. The highest BCUT2D eigenvalue weighted by Gasteiger charge is 2.05. The summed E-state index contributed by atoms with van der Waals surface area (Å²) in [6.45, 7) is 0.403. The van der Waals surface area contributed by atoms with Crippen LogP contribution in [0.5, 0.6) is 5.75 Å². The molecule has 0 aliphatic carbocycles. The van der Waals surface area contributed by atoms with Crippen LogP contribution < -0.4 is 4.74 Å². The summed E-state index contributed by atoms with van der Waals surface area (Å²) < 4.78 is 10.7. The van der Waals surface area contributed by atoms with Crippen molar-refractivity contribution in [2.45, 2.75) is 6.61 Å². The van der Waals surface area contributed by atoms with Crippen LogP contribution in [0.3, 0.4) is 0 Å². The van der Waals surface area contributed by atoms with Gasteiger partial charge in [-0.3, -0.25) is 0 Å². The number of hydrogen-bond donors (Lipinski definition) is 0. The highest BCUT2D eigenvalue weighted by molar-refractivity contribution is 5.89. The quantitative estimate of drug-likeness (QED) is 0.389. The fourth-order valence-electron chi connectivity index (χ4n) is 3.12. The molecule has 4 aromatic rings. The van der Waals surface area contributed by atoms with E-state index >= 15 is 0 Å². The number of para-hydroxylation sites is 2. The van der Waals surface area contributed by atoms with Crippen molar-refractivity contribution < 1.29 is 14.3 Å². The first kappa shape index (κ1) is 19.4. The lowest BCUT2D eigenvalue weighted by atomic mass is 10.1. The van der Waals surface area contributed by atoms with Gasteiger partial charge in [0.25, 0.3) is 0 Å². The SMILES string of the molecule is COC(=O)c1ccc(COc2ccccc2C=Cc2ccc3ccccc3n2)cc1. The summed E-state index contributed by atoms with van der Waals surface area (Å²) in [5.74, 6) is 0.437. The number of nitrogens with zero attached hydrogens (tertiary/aromatic N) is 1. The number of rotatable bonds is 6. The van der Waals surface area contributed by atoms with E-state index in [1.54, 1.807) is 12.1 Å². The Morgan fingerprint density at radius 2 is 1.63 bits per heavy atom. The largest absolute Gasteiger partial charge is 0.488 e. The highest BCUT2D eigenvalue weighted by Crippen LogP contribution is 2.22. The van der Waals surface area contributed by atoms with E-state index in [-0.39, 0.29) is 5.97 Å². The van der Waals surface area contributed by atoms with Gasteiger partial charge in [0.2, 0.25) is 0 Å².